The number of nitrogens with zero attached hydrogens (tertiary/aromatic N) is 5. The van der Waals surface area contributed by atoms with Crippen LogP contribution < -0.4 is 57.7 Å². The summed E-state index contributed by atoms with van der Waals surface area (Å²) >= 11 is 0. The maximum absolute atomic E-state index is 13.6. The van der Waals surface area contributed by atoms with Gasteiger partial charge in [-0.2, -0.15) is 0 Å². The fourth-order valence-corrected chi connectivity index (χ4v) is 8.16. The molecule has 2 bridgehead atoms. The normalized spacial score (nSPS) is 13.6. The van der Waals surface area contributed by atoms with Gasteiger partial charge in [-0.1, -0.05) is 26.0 Å². The number of hydrogen-bond acceptors (Lipinski definition) is 20. The Bertz CT molecular complexity index is 2890. The van der Waals surface area contributed by atoms with Crippen molar-refractivity contribution < 1.29 is 71.5 Å². The van der Waals surface area contributed by atoms with Gasteiger partial charge in [-0.3, -0.25) is 38.7 Å². The molecule has 6 rings (SSSR count). The van der Waals surface area contributed by atoms with Gasteiger partial charge in [0, 0.05) is 62.2 Å². The van der Waals surface area contributed by atoms with Crippen LogP contribution in [-0.4, -0.2) is 179 Å². The number of carbonyl (C=O) groups is 8. The van der Waals surface area contributed by atoms with Gasteiger partial charge in [0.1, 0.15) is 36.8 Å². The van der Waals surface area contributed by atoms with Crippen LogP contribution in [0.3, 0.4) is 0 Å². The monoisotopic (exact) mass is 1170 g/mol. The highest BCUT2D eigenvalue weighted by molar-refractivity contribution is 6.13. The minimum atomic E-state index is -1.07. The summed E-state index contributed by atoms with van der Waals surface area (Å²) in [6.07, 6.45) is 7.20. The number of nitrogen functional groups attached to an aromatic ring is 1. The zero-order valence-corrected chi connectivity index (χ0v) is 47.2. The molecule has 2 aliphatic rings. The Morgan fingerprint density at radius 1 is 0.798 bits per heavy atom. The Balaban J connectivity index is 0.876. The van der Waals surface area contributed by atoms with Crippen LogP contribution in [0.2, 0.25) is 0 Å². The third kappa shape index (κ3) is 21.1. The maximum atomic E-state index is 13.6. The van der Waals surface area contributed by atoms with E-state index in [1.54, 1.807) is 74.8 Å². The van der Waals surface area contributed by atoms with Crippen molar-refractivity contribution in [3.05, 3.63) is 90.5 Å². The predicted octanol–water partition coefficient (Wildman–Crippen LogP) is 2.29. The van der Waals surface area contributed by atoms with E-state index in [9.17, 15) is 38.4 Å². The van der Waals surface area contributed by atoms with Crippen LogP contribution in [-0.2, 0) is 54.3 Å². The van der Waals surface area contributed by atoms with Crippen LogP contribution in [0.25, 0.3) is 11.3 Å². The minimum Gasteiger partial charge on any atom is -0.493 e. The summed E-state index contributed by atoms with van der Waals surface area (Å²) in [4.78, 5) is 116. The Morgan fingerprint density at radius 2 is 1.49 bits per heavy atom. The number of likely N-dealkylation sites (N-methyl/N-ethyl adjacent to an activating group) is 1. The number of hydrogen-bond donors (Lipinski definition) is 8. The van der Waals surface area contributed by atoms with Crippen molar-refractivity contribution in [2.75, 3.05) is 121 Å². The van der Waals surface area contributed by atoms with Gasteiger partial charge in [-0.05, 0) is 61.1 Å². The molecule has 84 heavy (non-hydrogen) atoms. The number of nitrogens with one attached hydrogen (secondary N) is 6. The number of rotatable bonds is 32. The lowest BCUT2D eigenvalue weighted by molar-refractivity contribution is -0.137. The third-order valence-electron chi connectivity index (χ3n) is 12.7. The second kappa shape index (κ2) is 33.8. The summed E-state index contributed by atoms with van der Waals surface area (Å²) in [5.41, 5.74) is 14.4. The van der Waals surface area contributed by atoms with Gasteiger partial charge in [0.25, 0.3) is 17.7 Å². The maximum Gasteiger partial charge on any atom is 0.407 e. The molecule has 0 spiro atoms. The summed E-state index contributed by atoms with van der Waals surface area (Å²) in [6, 6.07) is 10.7. The lowest BCUT2D eigenvalue weighted by Gasteiger charge is -2.25. The molecule has 0 aliphatic carbocycles. The SMILES string of the molecule is CC(C)C(NC(=O)CCOCCOCCOCCOCCN1C(=O)C=CC1=O)C(=O)N[C@@H](CCCNC(N)=O)C(=O)Nc1ccc(COC(=O)NCCCOc2ccc3c(c2)OCCN(C)c2ccncc2NC(=O)c2nc-3cnc2N)cc1. The van der Waals surface area contributed by atoms with Gasteiger partial charge < -0.3 is 81.4 Å². The number of carbonyl (C=O) groups excluding carboxylic acids is 8. The van der Waals surface area contributed by atoms with E-state index in [-0.39, 0.29) is 121 Å². The molecule has 0 saturated heterocycles. The largest absolute Gasteiger partial charge is 0.493 e. The van der Waals surface area contributed by atoms with Crippen LogP contribution in [0.4, 0.5) is 32.5 Å². The number of pyridine rings is 1. The third-order valence-corrected chi connectivity index (χ3v) is 12.7. The molecule has 0 saturated carbocycles. The molecule has 2 atom stereocenters. The summed E-state index contributed by atoms with van der Waals surface area (Å²) in [6.45, 7) is 6.89. The smallest absolute Gasteiger partial charge is 0.407 e. The van der Waals surface area contributed by atoms with E-state index in [0.29, 0.717) is 78.2 Å². The summed E-state index contributed by atoms with van der Waals surface area (Å²) in [7, 11) is 1.87. The highest BCUT2D eigenvalue weighted by atomic mass is 16.6. The number of ether oxygens (including phenoxy) is 7. The van der Waals surface area contributed by atoms with Gasteiger partial charge in [-0.25, -0.2) is 19.6 Å². The van der Waals surface area contributed by atoms with Crippen molar-refractivity contribution >= 4 is 70.4 Å². The first kappa shape index (κ1) is 64.2. The number of imide groups is 1. The number of urea groups is 1. The Labute approximate surface area is 485 Å². The minimum absolute atomic E-state index is 0.0409. The molecule has 28 nitrogen and oxygen atoms in total. The van der Waals surface area contributed by atoms with E-state index in [1.165, 1.54) is 18.3 Å². The van der Waals surface area contributed by atoms with E-state index < -0.39 is 47.8 Å². The number of nitrogens with two attached hydrogens (primary N) is 2. The van der Waals surface area contributed by atoms with Gasteiger partial charge in [0.15, 0.2) is 11.5 Å². The first-order valence-electron chi connectivity index (χ1n) is 27.3. The Morgan fingerprint density at radius 3 is 2.19 bits per heavy atom. The molecular weight excluding hydrogens is 1090 g/mol. The zero-order valence-electron chi connectivity index (χ0n) is 47.2. The molecule has 10 N–H and O–H groups in total. The molecule has 4 aromatic rings. The van der Waals surface area contributed by atoms with Gasteiger partial charge in [0.2, 0.25) is 17.7 Å². The number of anilines is 4. The van der Waals surface area contributed by atoms with E-state index in [2.05, 4.69) is 46.9 Å². The number of fused-ring (bicyclic) bond motifs is 5. The zero-order chi connectivity index (χ0) is 60.2. The van der Waals surface area contributed by atoms with Gasteiger partial charge >= 0.3 is 12.1 Å². The molecule has 452 valence electrons. The van der Waals surface area contributed by atoms with Crippen LogP contribution in [0, 0.1) is 5.92 Å². The van der Waals surface area contributed by atoms with Crippen molar-refractivity contribution in [2.45, 2.75) is 58.2 Å². The lowest BCUT2D eigenvalue weighted by Crippen LogP contribution is -2.54. The Hall–Kier alpha value is -8.99. The highest BCUT2D eigenvalue weighted by Gasteiger charge is 2.29. The molecule has 1 unspecified atom stereocenters. The number of alkyl carbamates (subject to hydrolysis) is 1. The average Bonchev–Trinajstić information content (AvgIpc) is 3.65. The van der Waals surface area contributed by atoms with Crippen LogP contribution in [0.1, 0.15) is 55.6 Å². The Kier molecular flexibility index (Phi) is 25.8. The fourth-order valence-electron chi connectivity index (χ4n) is 8.16. The quantitative estimate of drug-likeness (QED) is 0.0257. The molecule has 4 heterocycles. The molecule has 0 radical (unpaired) electrons. The second-order valence-electron chi connectivity index (χ2n) is 19.3. The average molecular weight is 1170 g/mol. The first-order chi connectivity index (χ1) is 40.6. The van der Waals surface area contributed by atoms with Crippen molar-refractivity contribution in [1.82, 2.24) is 41.1 Å². The van der Waals surface area contributed by atoms with Crippen molar-refractivity contribution in [3.63, 3.8) is 0 Å². The van der Waals surface area contributed by atoms with E-state index in [1.807, 2.05) is 11.9 Å². The summed E-state index contributed by atoms with van der Waals surface area (Å²) in [5.74, 6) is -2.30. The number of primary amides is 1. The van der Waals surface area contributed by atoms with E-state index in [0.717, 1.165) is 4.90 Å². The van der Waals surface area contributed by atoms with Crippen molar-refractivity contribution in [3.8, 4) is 22.8 Å². The van der Waals surface area contributed by atoms with Crippen molar-refractivity contribution in [1.29, 1.82) is 0 Å². The number of benzene rings is 2. The summed E-state index contributed by atoms with van der Waals surface area (Å²) in [5, 5.41) is 16.3. The predicted molar refractivity (Wildman–Crippen MR) is 305 cm³/mol. The van der Waals surface area contributed by atoms with Gasteiger partial charge in [0.05, 0.1) is 102 Å². The fraction of sp³-hybridized carbons (Fsp3) is 0.446. The number of aromatic nitrogens is 3. The molecule has 2 aliphatic heterocycles. The molecule has 0 fully saturated rings. The molecule has 28 heteroatoms. The van der Waals surface area contributed by atoms with Crippen LogP contribution in [0.5, 0.6) is 11.5 Å². The molecular formula is C56H73N13O15. The van der Waals surface area contributed by atoms with E-state index in [4.69, 9.17) is 44.6 Å². The molecule has 2 aromatic heterocycles. The van der Waals surface area contributed by atoms with Crippen molar-refractivity contribution in [2.24, 2.45) is 11.7 Å². The molecule has 2 aromatic carbocycles. The van der Waals surface area contributed by atoms with Gasteiger partial charge in [-0.15, -0.1) is 0 Å². The standard InChI is InChI=1S/C56H73N13O15/c1-36(2)49(67-46(70)16-23-78-26-28-80-30-31-81-29-27-79-24-21-69-47(71)13-14-48(69)72)53(74)65-41(6-4-17-60-55(58)76)52(73)63-38-9-7-37(8-10-38)35-84-56(77)61-18-5-22-82-39-11-12-40-42-34-62-51(57)50(64-42)54(75)66-43-33-59-19-15-44(43)68(3)20-25-83-45(40)32-39/h7-15,19,32-34,36,41,49H,4-6,16-18,20-31,35H2,1-3H3,(H2,57,62)(H,61,77)(H,63,73)(H,65,74)(H,66,75)(H,67,70)(H3,58,60,76)/t41-,49?/m0/s1. The van der Waals surface area contributed by atoms with E-state index >= 15 is 0 Å². The van der Waals surface area contributed by atoms with Crippen LogP contribution in [0.15, 0.2) is 79.3 Å². The lowest BCUT2D eigenvalue weighted by atomic mass is 10.0. The highest BCUT2D eigenvalue weighted by Crippen LogP contribution is 2.34. The number of amides is 9. The van der Waals surface area contributed by atoms with Crippen LogP contribution >= 0.6 is 0 Å². The summed E-state index contributed by atoms with van der Waals surface area (Å²) < 4.78 is 39.5. The topological polar surface area (TPSA) is 371 Å². The molecule has 9 amide bonds. The second-order valence-corrected chi connectivity index (χ2v) is 19.3. The first-order valence-corrected chi connectivity index (χ1v) is 27.3.